The van der Waals surface area contributed by atoms with E-state index in [0.29, 0.717) is 21.7 Å². The van der Waals surface area contributed by atoms with E-state index in [1.807, 2.05) is 18.2 Å². The molecule has 24 heavy (non-hydrogen) atoms. The minimum absolute atomic E-state index is 0.182. The molecule has 0 bridgehead atoms. The zero-order valence-corrected chi connectivity index (χ0v) is 14.6. The third-order valence-corrected chi connectivity index (χ3v) is 5.23. The van der Waals surface area contributed by atoms with Crippen LogP contribution in [0.25, 0.3) is 0 Å². The highest BCUT2D eigenvalue weighted by atomic mass is 35.5. The second-order valence-electron chi connectivity index (χ2n) is 5.26. The molecule has 124 valence electrons. The Morgan fingerprint density at radius 1 is 1.12 bits per heavy atom. The van der Waals surface area contributed by atoms with E-state index in [9.17, 15) is 4.39 Å². The summed E-state index contributed by atoms with van der Waals surface area (Å²) in [5.74, 6) is -0.0157. The van der Waals surface area contributed by atoms with Gasteiger partial charge in [-0.15, -0.1) is 10.2 Å². The fourth-order valence-corrected chi connectivity index (χ4v) is 3.55. The Bertz CT molecular complexity index is 790. The van der Waals surface area contributed by atoms with Crippen molar-refractivity contribution in [1.82, 2.24) is 10.2 Å². The minimum atomic E-state index is -0.370. The third-order valence-electron chi connectivity index (χ3n) is 3.62. The molecule has 0 N–H and O–H groups in total. The summed E-state index contributed by atoms with van der Waals surface area (Å²) in [6.07, 6.45) is 1.12. The van der Waals surface area contributed by atoms with Crippen LogP contribution in [0.5, 0.6) is 0 Å². The zero-order valence-electron chi connectivity index (χ0n) is 13.1. The van der Waals surface area contributed by atoms with Gasteiger partial charge < -0.3 is 4.42 Å². The topological polar surface area (TPSA) is 38.9 Å². The van der Waals surface area contributed by atoms with Gasteiger partial charge in [-0.05, 0) is 24.1 Å². The van der Waals surface area contributed by atoms with Gasteiger partial charge in [0.15, 0.2) is 0 Å². The molecule has 1 atom stereocenters. The van der Waals surface area contributed by atoms with Gasteiger partial charge in [0.25, 0.3) is 5.22 Å². The molecule has 6 heteroatoms. The van der Waals surface area contributed by atoms with Crippen molar-refractivity contribution in [2.75, 3.05) is 0 Å². The molecule has 0 aliphatic heterocycles. The highest BCUT2D eigenvalue weighted by molar-refractivity contribution is 7.99. The first kappa shape index (κ1) is 17.0. The predicted molar refractivity (Wildman–Crippen MR) is 93.8 cm³/mol. The molecule has 0 aliphatic carbocycles. The number of hydrogen-bond acceptors (Lipinski definition) is 4. The Balaban J connectivity index is 1.74. The minimum Gasteiger partial charge on any atom is -0.416 e. The first-order valence-corrected chi connectivity index (χ1v) is 8.90. The average Bonchev–Trinajstić information content (AvgIpc) is 3.04. The van der Waals surface area contributed by atoms with Crippen LogP contribution in [0.15, 0.2) is 58.2 Å². The first-order chi connectivity index (χ1) is 11.7. The van der Waals surface area contributed by atoms with Crippen LogP contribution in [0, 0.1) is 5.82 Å². The van der Waals surface area contributed by atoms with Gasteiger partial charge in [-0.25, -0.2) is 4.39 Å². The van der Waals surface area contributed by atoms with Gasteiger partial charge in [0.2, 0.25) is 5.89 Å². The number of hydrogen-bond donors (Lipinski definition) is 0. The molecule has 3 rings (SSSR count). The molecule has 1 unspecified atom stereocenters. The number of nitrogens with zero attached hydrogens (tertiary/aromatic N) is 2. The van der Waals surface area contributed by atoms with Crippen molar-refractivity contribution in [3.63, 3.8) is 0 Å². The molecule has 2 aromatic carbocycles. The van der Waals surface area contributed by atoms with E-state index in [1.54, 1.807) is 12.1 Å². The van der Waals surface area contributed by atoms with Gasteiger partial charge >= 0.3 is 0 Å². The highest BCUT2D eigenvalue weighted by Gasteiger charge is 2.17. The Labute approximate surface area is 149 Å². The van der Waals surface area contributed by atoms with Crippen LogP contribution < -0.4 is 0 Å². The van der Waals surface area contributed by atoms with Crippen LogP contribution in [0.4, 0.5) is 4.39 Å². The largest absolute Gasteiger partial charge is 0.416 e. The summed E-state index contributed by atoms with van der Waals surface area (Å²) in [6, 6.07) is 14.8. The summed E-state index contributed by atoms with van der Waals surface area (Å²) in [7, 11) is 0. The Hall–Kier alpha value is -1.85. The third kappa shape index (κ3) is 3.97. The molecule has 0 spiro atoms. The second-order valence-corrected chi connectivity index (χ2v) is 6.83. The van der Waals surface area contributed by atoms with Crippen LogP contribution in [0.1, 0.15) is 35.6 Å². The molecule has 0 saturated heterocycles. The van der Waals surface area contributed by atoms with Crippen LogP contribution in [-0.4, -0.2) is 10.2 Å². The van der Waals surface area contributed by atoms with Gasteiger partial charge in [-0.3, -0.25) is 0 Å². The summed E-state index contributed by atoms with van der Waals surface area (Å²) in [4.78, 5) is 0. The van der Waals surface area contributed by atoms with Crippen molar-refractivity contribution < 1.29 is 8.81 Å². The lowest BCUT2D eigenvalue weighted by atomic mass is 10.1. The molecule has 3 nitrogen and oxygen atoms in total. The van der Waals surface area contributed by atoms with Crippen molar-refractivity contribution in [2.24, 2.45) is 0 Å². The van der Waals surface area contributed by atoms with Gasteiger partial charge in [0, 0.05) is 15.8 Å². The maximum atomic E-state index is 13.8. The van der Waals surface area contributed by atoms with E-state index in [2.05, 4.69) is 29.3 Å². The number of benzene rings is 2. The summed E-state index contributed by atoms with van der Waals surface area (Å²) in [5.41, 5.74) is 1.58. The van der Waals surface area contributed by atoms with E-state index in [-0.39, 0.29) is 17.5 Å². The lowest BCUT2D eigenvalue weighted by Crippen LogP contribution is -1.94. The van der Waals surface area contributed by atoms with E-state index in [1.165, 1.54) is 23.4 Å². The smallest absolute Gasteiger partial charge is 0.277 e. The molecular weight excluding hydrogens is 347 g/mol. The fraction of sp³-hybridized carbons (Fsp3) is 0.222. The zero-order chi connectivity index (χ0) is 16.9. The lowest BCUT2D eigenvalue weighted by molar-refractivity contribution is 0.417. The normalized spacial score (nSPS) is 12.3. The molecular formula is C18H16ClFN2OS. The van der Waals surface area contributed by atoms with Crippen LogP contribution in [-0.2, 0) is 6.42 Å². The standard InChI is InChI=1S/C18H16ClFN2OS/c1-2-16(12-7-4-3-5-8-12)24-18-22-21-17(23-18)11-13-14(19)9-6-10-15(13)20/h3-10,16H,2,11H2,1H3. The molecule has 1 heterocycles. The van der Waals surface area contributed by atoms with Gasteiger partial charge in [-0.2, -0.15) is 0 Å². The summed E-state index contributed by atoms with van der Waals surface area (Å²) in [6.45, 7) is 2.11. The molecule has 3 aromatic rings. The summed E-state index contributed by atoms with van der Waals surface area (Å²) in [5, 5.41) is 9.15. The molecule has 0 saturated carbocycles. The number of halogens is 2. The van der Waals surface area contributed by atoms with Crippen molar-refractivity contribution in [3.05, 3.63) is 76.4 Å². The van der Waals surface area contributed by atoms with E-state index in [0.717, 1.165) is 6.42 Å². The molecule has 0 fully saturated rings. The van der Waals surface area contributed by atoms with Crippen LogP contribution in [0.2, 0.25) is 5.02 Å². The first-order valence-electron chi connectivity index (χ1n) is 7.64. The van der Waals surface area contributed by atoms with Crippen LogP contribution in [0.3, 0.4) is 0 Å². The van der Waals surface area contributed by atoms with E-state index < -0.39 is 0 Å². The van der Waals surface area contributed by atoms with Gasteiger partial charge in [0.05, 0.1) is 6.42 Å². The van der Waals surface area contributed by atoms with Crippen molar-refractivity contribution >= 4 is 23.4 Å². The summed E-state index contributed by atoms with van der Waals surface area (Å²) >= 11 is 7.55. The van der Waals surface area contributed by atoms with Gasteiger partial charge in [0.1, 0.15) is 5.82 Å². The maximum Gasteiger partial charge on any atom is 0.277 e. The van der Waals surface area contributed by atoms with Crippen molar-refractivity contribution in [2.45, 2.75) is 30.2 Å². The number of aromatic nitrogens is 2. The van der Waals surface area contributed by atoms with E-state index in [4.69, 9.17) is 16.0 Å². The molecule has 0 aliphatic rings. The Morgan fingerprint density at radius 2 is 1.92 bits per heavy atom. The predicted octanol–water partition coefficient (Wildman–Crippen LogP) is 5.70. The van der Waals surface area contributed by atoms with Crippen molar-refractivity contribution in [1.29, 1.82) is 0 Å². The highest BCUT2D eigenvalue weighted by Crippen LogP contribution is 2.37. The molecule has 0 radical (unpaired) electrons. The monoisotopic (exact) mass is 362 g/mol. The van der Waals surface area contributed by atoms with E-state index >= 15 is 0 Å². The number of rotatable bonds is 6. The Morgan fingerprint density at radius 3 is 2.62 bits per heavy atom. The maximum absolute atomic E-state index is 13.8. The Kier molecular flexibility index (Phi) is 5.53. The SMILES string of the molecule is CCC(Sc1nnc(Cc2c(F)cccc2Cl)o1)c1ccccc1. The molecule has 0 amide bonds. The average molecular weight is 363 g/mol. The molecule has 1 aromatic heterocycles. The number of thioether (sulfide) groups is 1. The quantitative estimate of drug-likeness (QED) is 0.527. The fourth-order valence-electron chi connectivity index (χ4n) is 2.39. The van der Waals surface area contributed by atoms with Crippen molar-refractivity contribution in [3.8, 4) is 0 Å². The van der Waals surface area contributed by atoms with Crippen LogP contribution >= 0.6 is 23.4 Å². The second kappa shape index (κ2) is 7.81. The summed E-state index contributed by atoms with van der Waals surface area (Å²) < 4.78 is 19.5. The van der Waals surface area contributed by atoms with Gasteiger partial charge in [-0.1, -0.05) is 66.7 Å². The lowest BCUT2D eigenvalue weighted by Gasteiger charge is -2.11.